The molecular formula is C23H30N2O4. The van der Waals surface area contributed by atoms with Crippen LogP contribution in [0.15, 0.2) is 24.3 Å². The minimum atomic E-state index is -0.424. The molecule has 3 aliphatic carbocycles. The van der Waals surface area contributed by atoms with Gasteiger partial charge in [0.05, 0.1) is 11.3 Å². The predicted molar refractivity (Wildman–Crippen MR) is 109 cm³/mol. The zero-order valence-electron chi connectivity index (χ0n) is 16.8. The molecule has 1 aromatic carbocycles. The average molecular weight is 399 g/mol. The van der Waals surface area contributed by atoms with Crippen molar-refractivity contribution in [2.24, 2.45) is 17.8 Å². The molecule has 6 heteroatoms. The zero-order chi connectivity index (χ0) is 20.2. The van der Waals surface area contributed by atoms with Crippen molar-refractivity contribution in [3.8, 4) is 0 Å². The summed E-state index contributed by atoms with van der Waals surface area (Å²) in [5.74, 6) is 0.961. The maximum absolute atomic E-state index is 12.6. The van der Waals surface area contributed by atoms with Gasteiger partial charge in [-0.25, -0.2) is 0 Å². The number of ether oxygens (including phenoxy) is 1. The Balaban J connectivity index is 1.26. The van der Waals surface area contributed by atoms with Crippen LogP contribution < -0.4 is 10.6 Å². The molecule has 0 aliphatic heterocycles. The summed E-state index contributed by atoms with van der Waals surface area (Å²) in [6.45, 7) is -0.321. The molecule has 3 fully saturated rings. The van der Waals surface area contributed by atoms with E-state index in [1.54, 1.807) is 24.3 Å². The third-order valence-corrected chi connectivity index (χ3v) is 6.81. The summed E-state index contributed by atoms with van der Waals surface area (Å²) in [4.78, 5) is 37.0. The normalized spacial score (nSPS) is 25.7. The lowest BCUT2D eigenvalue weighted by molar-refractivity contribution is -0.148. The third-order valence-electron chi connectivity index (χ3n) is 6.81. The van der Waals surface area contributed by atoms with Gasteiger partial charge in [-0.1, -0.05) is 31.4 Å². The van der Waals surface area contributed by atoms with Gasteiger partial charge in [0.2, 0.25) is 0 Å². The molecule has 0 unspecified atom stereocenters. The highest BCUT2D eigenvalue weighted by Gasteiger charge is 2.40. The second kappa shape index (κ2) is 8.97. The van der Waals surface area contributed by atoms with Crippen LogP contribution in [0.4, 0.5) is 5.69 Å². The number of fused-ring (bicyclic) bond motifs is 2. The van der Waals surface area contributed by atoms with Gasteiger partial charge in [-0.15, -0.1) is 0 Å². The standard InChI is InChI=1S/C23H30N2O4/c26-21(14-29-22(27)13-17-12-15-9-10-16(17)11-15)25-20-8-4-3-7-19(20)23(28)24-18-5-1-2-6-18/h3-4,7-8,15-18H,1-2,5-6,9-14H2,(H,24,28)(H,25,26)/t15-,16+,17-/m0/s1. The first-order valence-electron chi connectivity index (χ1n) is 10.9. The summed E-state index contributed by atoms with van der Waals surface area (Å²) < 4.78 is 5.20. The first kappa shape index (κ1) is 19.9. The highest BCUT2D eigenvalue weighted by molar-refractivity contribution is 6.04. The van der Waals surface area contributed by atoms with Crippen molar-refractivity contribution in [1.82, 2.24) is 5.32 Å². The fourth-order valence-corrected chi connectivity index (χ4v) is 5.36. The maximum Gasteiger partial charge on any atom is 0.306 e. The van der Waals surface area contributed by atoms with Crippen LogP contribution >= 0.6 is 0 Å². The largest absolute Gasteiger partial charge is 0.456 e. The molecule has 1 aromatic rings. The summed E-state index contributed by atoms with van der Waals surface area (Å²) in [6.07, 6.45) is 9.57. The molecular weight excluding hydrogens is 368 g/mol. The topological polar surface area (TPSA) is 84.5 Å². The molecule has 2 bridgehead atoms. The minimum Gasteiger partial charge on any atom is -0.456 e. The molecule has 156 valence electrons. The Bertz CT molecular complexity index is 772. The van der Waals surface area contributed by atoms with Crippen molar-refractivity contribution in [3.05, 3.63) is 29.8 Å². The summed E-state index contributed by atoms with van der Waals surface area (Å²) in [6, 6.07) is 7.13. The number of carbonyl (C=O) groups is 3. The van der Waals surface area contributed by atoms with Gasteiger partial charge in [0, 0.05) is 12.5 Å². The van der Waals surface area contributed by atoms with Crippen molar-refractivity contribution in [3.63, 3.8) is 0 Å². The van der Waals surface area contributed by atoms with E-state index >= 15 is 0 Å². The Morgan fingerprint density at radius 1 is 1.00 bits per heavy atom. The molecule has 0 spiro atoms. The summed E-state index contributed by atoms with van der Waals surface area (Å²) in [5, 5.41) is 5.75. The molecule has 6 nitrogen and oxygen atoms in total. The Hall–Kier alpha value is -2.37. The number of amides is 2. The Morgan fingerprint density at radius 2 is 1.79 bits per heavy atom. The molecule has 0 saturated heterocycles. The molecule has 3 saturated carbocycles. The Kier molecular flexibility index (Phi) is 6.16. The van der Waals surface area contributed by atoms with Crippen LogP contribution in [0.2, 0.25) is 0 Å². The number of nitrogens with one attached hydrogen (secondary N) is 2. The number of carbonyl (C=O) groups excluding carboxylic acids is 3. The van der Waals surface area contributed by atoms with Crippen LogP contribution in [0.1, 0.15) is 68.1 Å². The highest BCUT2D eigenvalue weighted by atomic mass is 16.5. The number of anilines is 1. The van der Waals surface area contributed by atoms with E-state index in [0.29, 0.717) is 29.5 Å². The molecule has 29 heavy (non-hydrogen) atoms. The van der Waals surface area contributed by atoms with E-state index in [1.807, 2.05) is 0 Å². The summed E-state index contributed by atoms with van der Waals surface area (Å²) >= 11 is 0. The lowest BCUT2D eigenvalue weighted by atomic mass is 9.86. The van der Waals surface area contributed by atoms with E-state index in [9.17, 15) is 14.4 Å². The number of benzene rings is 1. The first-order valence-corrected chi connectivity index (χ1v) is 10.9. The lowest BCUT2D eigenvalue weighted by Crippen LogP contribution is -2.33. The van der Waals surface area contributed by atoms with Gasteiger partial charge in [0.25, 0.3) is 11.8 Å². The number of hydrogen-bond acceptors (Lipinski definition) is 4. The van der Waals surface area contributed by atoms with Crippen LogP contribution in [0.5, 0.6) is 0 Å². The van der Waals surface area contributed by atoms with Gasteiger partial charge in [-0.05, 0) is 62.0 Å². The van der Waals surface area contributed by atoms with Crippen molar-refractivity contribution in [2.45, 2.75) is 63.8 Å². The van der Waals surface area contributed by atoms with E-state index < -0.39 is 5.91 Å². The van der Waals surface area contributed by atoms with Crippen LogP contribution in [0.25, 0.3) is 0 Å². The first-order chi connectivity index (χ1) is 14.1. The van der Waals surface area contributed by atoms with E-state index in [4.69, 9.17) is 4.74 Å². The molecule has 4 rings (SSSR count). The highest BCUT2D eigenvalue weighted by Crippen LogP contribution is 2.49. The van der Waals surface area contributed by atoms with Gasteiger partial charge in [0.15, 0.2) is 6.61 Å². The predicted octanol–water partition coefficient (Wildman–Crippen LogP) is 3.67. The summed E-state index contributed by atoms with van der Waals surface area (Å²) in [7, 11) is 0. The van der Waals surface area contributed by atoms with Crippen molar-refractivity contribution in [2.75, 3.05) is 11.9 Å². The Morgan fingerprint density at radius 3 is 2.52 bits per heavy atom. The maximum atomic E-state index is 12.6. The van der Waals surface area contributed by atoms with Crippen molar-refractivity contribution >= 4 is 23.5 Å². The molecule has 2 N–H and O–H groups in total. The Labute approximate surface area is 171 Å². The van der Waals surface area contributed by atoms with Crippen LogP contribution in [-0.2, 0) is 14.3 Å². The van der Waals surface area contributed by atoms with Gasteiger partial charge >= 0.3 is 5.97 Å². The van der Waals surface area contributed by atoms with Gasteiger partial charge < -0.3 is 15.4 Å². The lowest BCUT2D eigenvalue weighted by Gasteiger charge is -2.20. The van der Waals surface area contributed by atoms with E-state index in [-0.39, 0.29) is 24.5 Å². The smallest absolute Gasteiger partial charge is 0.306 e. The average Bonchev–Trinajstić information content (AvgIpc) is 3.45. The van der Waals surface area contributed by atoms with Crippen LogP contribution in [-0.4, -0.2) is 30.4 Å². The van der Waals surface area contributed by atoms with Crippen molar-refractivity contribution < 1.29 is 19.1 Å². The number of para-hydroxylation sites is 1. The number of esters is 1. The second-order valence-corrected chi connectivity index (χ2v) is 8.85. The van der Waals surface area contributed by atoms with Gasteiger partial charge in [0.1, 0.15) is 0 Å². The number of hydrogen-bond donors (Lipinski definition) is 2. The van der Waals surface area contributed by atoms with E-state index in [2.05, 4.69) is 10.6 Å². The zero-order valence-corrected chi connectivity index (χ0v) is 16.8. The molecule has 3 atom stereocenters. The molecule has 3 aliphatic rings. The third kappa shape index (κ3) is 4.98. The van der Waals surface area contributed by atoms with Gasteiger partial charge in [-0.3, -0.25) is 14.4 Å². The SMILES string of the molecule is O=C(COC(=O)C[C@@H]1C[C@H]2CC[C@@H]1C2)Nc1ccccc1C(=O)NC1CCCC1. The van der Waals surface area contributed by atoms with E-state index in [1.165, 1.54) is 19.3 Å². The quantitative estimate of drug-likeness (QED) is 0.687. The van der Waals surface area contributed by atoms with E-state index in [0.717, 1.165) is 38.0 Å². The minimum absolute atomic E-state index is 0.180. The van der Waals surface area contributed by atoms with Crippen molar-refractivity contribution in [1.29, 1.82) is 0 Å². The second-order valence-electron chi connectivity index (χ2n) is 8.85. The number of rotatable bonds is 7. The molecule has 0 radical (unpaired) electrons. The van der Waals surface area contributed by atoms with Crippen LogP contribution in [0, 0.1) is 17.8 Å². The van der Waals surface area contributed by atoms with Crippen LogP contribution in [0.3, 0.4) is 0 Å². The molecule has 0 heterocycles. The monoisotopic (exact) mass is 398 g/mol. The summed E-state index contributed by atoms with van der Waals surface area (Å²) in [5.41, 5.74) is 0.873. The fourth-order valence-electron chi connectivity index (χ4n) is 5.36. The van der Waals surface area contributed by atoms with Gasteiger partial charge in [-0.2, -0.15) is 0 Å². The molecule has 0 aromatic heterocycles. The fraction of sp³-hybridized carbons (Fsp3) is 0.609. The molecule has 2 amide bonds.